The van der Waals surface area contributed by atoms with Gasteiger partial charge in [-0.15, -0.1) is 5.10 Å². The summed E-state index contributed by atoms with van der Waals surface area (Å²) in [7, 11) is 0. The van der Waals surface area contributed by atoms with Gasteiger partial charge in [0.15, 0.2) is 12.4 Å². The number of halogens is 2. The molecule has 0 amide bonds. The first-order chi connectivity index (χ1) is 13.9. The average Bonchev–Trinajstić information content (AvgIpc) is 3.32. The third-order valence-corrected chi connectivity index (χ3v) is 5.09. The van der Waals surface area contributed by atoms with Gasteiger partial charge in [-0.05, 0) is 36.2 Å². The quantitative estimate of drug-likeness (QED) is 0.449. The number of rotatable bonds is 5. The number of fused-ring (bicyclic) bond motifs is 1. The van der Waals surface area contributed by atoms with Crippen LogP contribution in [0.15, 0.2) is 36.4 Å². The summed E-state index contributed by atoms with van der Waals surface area (Å²) in [6, 6.07) is 10.3. The van der Waals surface area contributed by atoms with Crippen molar-refractivity contribution in [3.8, 4) is 5.69 Å². The highest BCUT2D eigenvalue weighted by molar-refractivity contribution is 6.37. The molecule has 0 fully saturated rings. The number of carbonyl (C=O) groups excluding carboxylic acids is 2. The van der Waals surface area contributed by atoms with E-state index < -0.39 is 12.6 Å². The molecular weight excluding hydrogens is 417 g/mol. The molecule has 7 nitrogen and oxygen atoms in total. The summed E-state index contributed by atoms with van der Waals surface area (Å²) in [5, 5.41) is 4.86. The van der Waals surface area contributed by atoms with Gasteiger partial charge in [-0.3, -0.25) is 4.79 Å². The first-order valence-electron chi connectivity index (χ1n) is 8.72. The zero-order chi connectivity index (χ0) is 20.5. The Kier molecular flexibility index (Phi) is 5.36. The second kappa shape index (κ2) is 7.94. The van der Waals surface area contributed by atoms with Crippen molar-refractivity contribution >= 4 is 35.0 Å². The number of aromatic nitrogens is 3. The van der Waals surface area contributed by atoms with Crippen molar-refractivity contribution < 1.29 is 19.1 Å². The lowest BCUT2D eigenvalue weighted by molar-refractivity contribution is 0.0462. The highest BCUT2D eigenvalue weighted by Crippen LogP contribution is 2.28. The molecule has 0 aliphatic carbocycles. The lowest BCUT2D eigenvalue weighted by Gasteiger charge is -2.07. The fraction of sp³-hybridized carbons (Fsp3) is 0.200. The van der Waals surface area contributed by atoms with Crippen LogP contribution in [-0.2, 0) is 22.7 Å². The van der Waals surface area contributed by atoms with E-state index in [2.05, 4.69) is 10.1 Å². The van der Waals surface area contributed by atoms with E-state index in [1.54, 1.807) is 37.3 Å². The maximum atomic E-state index is 12.4. The highest BCUT2D eigenvalue weighted by Gasteiger charge is 2.21. The number of nitrogens with zero attached hydrogens (tertiary/aromatic N) is 3. The number of carbonyl (C=O) groups is 2. The lowest BCUT2D eigenvalue weighted by atomic mass is 10.0. The minimum absolute atomic E-state index is 0.186. The summed E-state index contributed by atoms with van der Waals surface area (Å²) in [6.45, 7) is 2.25. The number of aryl methyl sites for hydroxylation is 1. The lowest BCUT2D eigenvalue weighted by Crippen LogP contribution is -2.16. The number of hydrogen-bond donors (Lipinski definition) is 0. The van der Waals surface area contributed by atoms with Gasteiger partial charge in [0, 0.05) is 5.56 Å². The maximum Gasteiger partial charge on any atom is 0.378 e. The molecule has 4 rings (SSSR count). The largest absolute Gasteiger partial charge is 0.451 e. The average molecular weight is 432 g/mol. The standard InChI is InChI=1S/C20H15Cl2N3O4/c1-11-23-19(24-25(11)18-15(21)3-2-4-16(18)22)20(27)29-10-17(26)12-5-6-13-8-28-9-14(13)7-12/h2-7H,8-10H2,1H3. The molecule has 0 spiro atoms. The Morgan fingerprint density at radius 1 is 1.14 bits per heavy atom. The summed E-state index contributed by atoms with van der Waals surface area (Å²) in [5.74, 6) is -0.920. The van der Waals surface area contributed by atoms with Gasteiger partial charge in [0.25, 0.3) is 5.82 Å². The van der Waals surface area contributed by atoms with Gasteiger partial charge in [-0.2, -0.15) is 0 Å². The van der Waals surface area contributed by atoms with Crippen molar-refractivity contribution in [2.75, 3.05) is 6.61 Å². The first kappa shape index (κ1) is 19.6. The van der Waals surface area contributed by atoms with Crippen LogP contribution in [0.3, 0.4) is 0 Å². The minimum Gasteiger partial charge on any atom is -0.451 e. The topological polar surface area (TPSA) is 83.3 Å². The summed E-state index contributed by atoms with van der Waals surface area (Å²) >= 11 is 12.4. The zero-order valence-electron chi connectivity index (χ0n) is 15.3. The Morgan fingerprint density at radius 2 is 1.86 bits per heavy atom. The zero-order valence-corrected chi connectivity index (χ0v) is 16.8. The summed E-state index contributed by atoms with van der Waals surface area (Å²) < 4.78 is 11.8. The number of ketones is 1. The van der Waals surface area contributed by atoms with E-state index in [0.717, 1.165) is 11.1 Å². The van der Waals surface area contributed by atoms with Crippen molar-refractivity contribution in [3.63, 3.8) is 0 Å². The van der Waals surface area contributed by atoms with Crippen molar-refractivity contribution in [1.82, 2.24) is 14.8 Å². The van der Waals surface area contributed by atoms with Gasteiger partial charge in [0.2, 0.25) is 0 Å². The van der Waals surface area contributed by atoms with E-state index >= 15 is 0 Å². The van der Waals surface area contributed by atoms with Crippen LogP contribution < -0.4 is 0 Å². The number of para-hydroxylation sites is 1. The molecule has 2 heterocycles. The van der Waals surface area contributed by atoms with Crippen molar-refractivity contribution in [1.29, 1.82) is 0 Å². The molecule has 1 aliphatic rings. The molecule has 2 aromatic carbocycles. The van der Waals surface area contributed by atoms with Crippen LogP contribution in [0, 0.1) is 6.92 Å². The molecule has 0 saturated carbocycles. The fourth-order valence-corrected chi connectivity index (χ4v) is 3.56. The smallest absolute Gasteiger partial charge is 0.378 e. The molecule has 0 saturated heterocycles. The van der Waals surface area contributed by atoms with Crippen LogP contribution in [0.25, 0.3) is 5.69 Å². The molecule has 9 heteroatoms. The Labute approximate surface area is 176 Å². The highest BCUT2D eigenvalue weighted by atomic mass is 35.5. The number of ether oxygens (including phenoxy) is 2. The van der Waals surface area contributed by atoms with Gasteiger partial charge < -0.3 is 9.47 Å². The second-order valence-electron chi connectivity index (χ2n) is 6.44. The Morgan fingerprint density at radius 3 is 2.62 bits per heavy atom. The number of esters is 1. The van der Waals surface area contributed by atoms with Crippen LogP contribution in [0.4, 0.5) is 0 Å². The second-order valence-corrected chi connectivity index (χ2v) is 7.25. The third kappa shape index (κ3) is 3.89. The van der Waals surface area contributed by atoms with E-state index in [-0.39, 0.29) is 11.6 Å². The van der Waals surface area contributed by atoms with Crippen LogP contribution in [0.2, 0.25) is 10.0 Å². The van der Waals surface area contributed by atoms with Gasteiger partial charge in [-0.1, -0.05) is 41.4 Å². The van der Waals surface area contributed by atoms with Crippen LogP contribution in [0.1, 0.15) is 37.9 Å². The Balaban J connectivity index is 1.47. The Hall–Kier alpha value is -2.74. The molecule has 0 atom stereocenters. The number of hydrogen-bond acceptors (Lipinski definition) is 6. The molecule has 148 valence electrons. The van der Waals surface area contributed by atoms with Gasteiger partial charge >= 0.3 is 5.97 Å². The minimum atomic E-state index is -0.812. The predicted molar refractivity (Wildman–Crippen MR) is 106 cm³/mol. The molecule has 29 heavy (non-hydrogen) atoms. The SMILES string of the molecule is Cc1nc(C(=O)OCC(=O)c2ccc3c(c2)COC3)nn1-c1c(Cl)cccc1Cl. The summed E-state index contributed by atoms with van der Waals surface area (Å²) in [6.07, 6.45) is 0. The van der Waals surface area contributed by atoms with Crippen LogP contribution >= 0.6 is 23.2 Å². The van der Waals surface area contributed by atoms with Gasteiger partial charge in [-0.25, -0.2) is 14.5 Å². The first-order valence-corrected chi connectivity index (χ1v) is 9.47. The van der Waals surface area contributed by atoms with Gasteiger partial charge in [0.05, 0.1) is 23.3 Å². The van der Waals surface area contributed by atoms with E-state index in [1.807, 2.05) is 6.07 Å². The van der Waals surface area contributed by atoms with E-state index in [0.29, 0.717) is 40.3 Å². The molecule has 0 N–H and O–H groups in total. The summed E-state index contributed by atoms with van der Waals surface area (Å²) in [4.78, 5) is 28.8. The fourth-order valence-electron chi connectivity index (χ4n) is 3.00. The monoisotopic (exact) mass is 431 g/mol. The molecule has 0 radical (unpaired) electrons. The number of Topliss-reactive ketones (excluding diaryl/α,β-unsaturated/α-hetero) is 1. The molecular formula is C20H15Cl2N3O4. The van der Waals surface area contributed by atoms with Crippen molar-refractivity contribution in [2.45, 2.75) is 20.1 Å². The van der Waals surface area contributed by atoms with Crippen molar-refractivity contribution in [2.24, 2.45) is 0 Å². The molecule has 0 unspecified atom stereocenters. The van der Waals surface area contributed by atoms with Crippen LogP contribution in [0.5, 0.6) is 0 Å². The molecule has 1 aromatic heterocycles. The molecule has 0 bridgehead atoms. The molecule has 1 aliphatic heterocycles. The van der Waals surface area contributed by atoms with Gasteiger partial charge in [0.1, 0.15) is 11.5 Å². The normalized spacial score (nSPS) is 12.7. The third-order valence-electron chi connectivity index (χ3n) is 4.48. The maximum absolute atomic E-state index is 12.4. The van der Waals surface area contributed by atoms with E-state index in [1.165, 1.54) is 4.68 Å². The summed E-state index contributed by atoms with van der Waals surface area (Å²) in [5.41, 5.74) is 2.90. The van der Waals surface area contributed by atoms with E-state index in [9.17, 15) is 9.59 Å². The molecule has 3 aromatic rings. The number of benzene rings is 2. The van der Waals surface area contributed by atoms with E-state index in [4.69, 9.17) is 32.7 Å². The van der Waals surface area contributed by atoms with Crippen molar-refractivity contribution in [3.05, 3.63) is 74.8 Å². The van der Waals surface area contributed by atoms with Crippen LogP contribution in [-0.4, -0.2) is 33.1 Å². The Bertz CT molecular complexity index is 1110. The predicted octanol–water partition coefficient (Wildman–Crippen LogP) is 3.95.